The first kappa shape index (κ1) is 17.5. The maximum atomic E-state index is 12.8. The van der Waals surface area contributed by atoms with Gasteiger partial charge in [-0.2, -0.15) is 9.50 Å². The van der Waals surface area contributed by atoms with Gasteiger partial charge < -0.3 is 0 Å². The minimum atomic E-state index is -0.138. The molecule has 2 aromatic heterocycles. The van der Waals surface area contributed by atoms with Gasteiger partial charge in [0.2, 0.25) is 4.96 Å². The van der Waals surface area contributed by atoms with E-state index in [0.717, 1.165) is 21.9 Å². The van der Waals surface area contributed by atoms with E-state index in [2.05, 4.69) is 47.3 Å². The van der Waals surface area contributed by atoms with Crippen molar-refractivity contribution in [3.05, 3.63) is 104 Å². The van der Waals surface area contributed by atoms with Crippen LogP contribution in [0.15, 0.2) is 71.5 Å². The normalized spacial score (nSPS) is 12.5. The molecule has 0 radical (unpaired) electrons. The molecule has 4 nitrogen and oxygen atoms in total. The molecule has 5 rings (SSSR count). The summed E-state index contributed by atoms with van der Waals surface area (Å²) in [4.78, 5) is 17.9. The largest absolute Gasteiger partial charge is 0.291 e. The second-order valence-corrected chi connectivity index (χ2v) is 7.90. The minimum absolute atomic E-state index is 0.138. The van der Waals surface area contributed by atoms with Crippen LogP contribution in [0.4, 0.5) is 0 Å². The first-order valence-corrected chi connectivity index (χ1v) is 10.1. The van der Waals surface area contributed by atoms with Gasteiger partial charge in [-0.25, -0.2) is 0 Å². The smallest absolute Gasteiger partial charge is 0.266 e. The third kappa shape index (κ3) is 3.37. The lowest BCUT2D eigenvalue weighted by Crippen LogP contribution is -2.23. The standard InChI is InChI=1S/C24H17N3OS/c1-16-9-11-17(12-10-16)13-14-22-25-24-27(26-22)23(28)21(29-24)15-19-7-4-6-18-5-2-3-8-20(18)19/h2-15H,1H3/b14-13+,21-15+. The van der Waals surface area contributed by atoms with Crippen molar-refractivity contribution in [3.8, 4) is 0 Å². The Morgan fingerprint density at radius 1 is 0.931 bits per heavy atom. The van der Waals surface area contributed by atoms with Crippen molar-refractivity contribution < 1.29 is 0 Å². The second-order valence-electron chi connectivity index (χ2n) is 6.89. The third-order valence-electron chi connectivity index (χ3n) is 4.81. The van der Waals surface area contributed by atoms with E-state index >= 15 is 0 Å². The molecular weight excluding hydrogens is 378 g/mol. The van der Waals surface area contributed by atoms with E-state index in [1.54, 1.807) is 0 Å². The predicted molar refractivity (Wildman–Crippen MR) is 120 cm³/mol. The predicted octanol–water partition coefficient (Wildman–Crippen LogP) is 4.33. The zero-order valence-corrected chi connectivity index (χ0v) is 16.6. The topological polar surface area (TPSA) is 47.3 Å². The highest BCUT2D eigenvalue weighted by molar-refractivity contribution is 7.15. The molecule has 0 aliphatic rings. The van der Waals surface area contributed by atoms with E-state index in [1.165, 1.54) is 21.4 Å². The van der Waals surface area contributed by atoms with Crippen LogP contribution in [0, 0.1) is 6.92 Å². The number of benzene rings is 3. The fourth-order valence-corrected chi connectivity index (χ4v) is 4.19. The summed E-state index contributed by atoms with van der Waals surface area (Å²) in [5, 5.41) is 6.64. The van der Waals surface area contributed by atoms with Crippen LogP contribution in [0.2, 0.25) is 0 Å². The quantitative estimate of drug-likeness (QED) is 0.457. The third-order valence-corrected chi connectivity index (χ3v) is 5.77. The fourth-order valence-electron chi connectivity index (χ4n) is 3.29. The Labute approximate surface area is 171 Å². The van der Waals surface area contributed by atoms with Crippen LogP contribution >= 0.6 is 11.3 Å². The van der Waals surface area contributed by atoms with Crippen LogP contribution in [0.3, 0.4) is 0 Å². The monoisotopic (exact) mass is 395 g/mol. The summed E-state index contributed by atoms with van der Waals surface area (Å²) in [5.74, 6) is 0.533. The molecule has 0 amide bonds. The van der Waals surface area contributed by atoms with Crippen LogP contribution in [0.1, 0.15) is 22.5 Å². The van der Waals surface area contributed by atoms with Crippen LogP contribution in [0.25, 0.3) is 34.0 Å². The van der Waals surface area contributed by atoms with Gasteiger partial charge in [0.15, 0.2) is 5.82 Å². The summed E-state index contributed by atoms with van der Waals surface area (Å²) in [5.41, 5.74) is 3.17. The SMILES string of the molecule is Cc1ccc(/C=C/c2nc3s/c(=C/c4cccc5ccccc45)c(=O)n3n2)cc1. The van der Waals surface area contributed by atoms with Crippen LogP contribution in [-0.2, 0) is 0 Å². The molecular formula is C24H17N3OS. The van der Waals surface area contributed by atoms with Crippen molar-refractivity contribution >= 4 is 45.3 Å². The first-order chi connectivity index (χ1) is 14.2. The molecule has 5 heteroatoms. The van der Waals surface area contributed by atoms with Gasteiger partial charge in [0, 0.05) is 0 Å². The fraction of sp³-hybridized carbons (Fsp3) is 0.0417. The molecule has 0 bridgehead atoms. The van der Waals surface area contributed by atoms with Crippen LogP contribution < -0.4 is 10.1 Å². The Balaban J connectivity index is 1.53. The van der Waals surface area contributed by atoms with Crippen molar-refractivity contribution in [1.82, 2.24) is 14.6 Å². The van der Waals surface area contributed by atoms with Gasteiger partial charge in [-0.1, -0.05) is 89.7 Å². The number of nitrogens with zero attached hydrogens (tertiary/aromatic N) is 3. The number of aryl methyl sites for hydroxylation is 1. The van der Waals surface area contributed by atoms with E-state index < -0.39 is 0 Å². The Kier molecular flexibility index (Phi) is 4.30. The zero-order valence-electron chi connectivity index (χ0n) is 15.7. The molecule has 0 aliphatic heterocycles. The van der Waals surface area contributed by atoms with Gasteiger partial charge in [-0.3, -0.25) is 4.79 Å². The van der Waals surface area contributed by atoms with Crippen molar-refractivity contribution in [3.63, 3.8) is 0 Å². The Morgan fingerprint density at radius 2 is 1.72 bits per heavy atom. The zero-order chi connectivity index (χ0) is 19.8. The van der Waals surface area contributed by atoms with E-state index in [9.17, 15) is 4.79 Å². The average molecular weight is 395 g/mol. The average Bonchev–Trinajstić information content (AvgIpc) is 3.27. The highest BCUT2D eigenvalue weighted by Crippen LogP contribution is 2.19. The lowest BCUT2D eigenvalue weighted by atomic mass is 10.0. The van der Waals surface area contributed by atoms with Crippen molar-refractivity contribution in [2.45, 2.75) is 6.92 Å². The van der Waals surface area contributed by atoms with E-state index in [4.69, 9.17) is 0 Å². The molecule has 0 atom stereocenters. The summed E-state index contributed by atoms with van der Waals surface area (Å²) >= 11 is 1.36. The van der Waals surface area contributed by atoms with Gasteiger partial charge in [-0.15, -0.1) is 5.10 Å². The molecule has 3 aromatic carbocycles. The highest BCUT2D eigenvalue weighted by Gasteiger charge is 2.09. The molecule has 140 valence electrons. The van der Waals surface area contributed by atoms with Crippen LogP contribution in [-0.4, -0.2) is 14.6 Å². The minimum Gasteiger partial charge on any atom is -0.266 e. The van der Waals surface area contributed by atoms with E-state index in [0.29, 0.717) is 15.3 Å². The molecule has 0 spiro atoms. The van der Waals surface area contributed by atoms with E-state index in [-0.39, 0.29) is 5.56 Å². The molecule has 0 unspecified atom stereocenters. The number of thiazole rings is 1. The number of fused-ring (bicyclic) bond motifs is 2. The van der Waals surface area contributed by atoms with E-state index in [1.807, 2.05) is 54.6 Å². The number of aromatic nitrogens is 3. The summed E-state index contributed by atoms with van der Waals surface area (Å²) in [7, 11) is 0. The number of rotatable bonds is 3. The molecule has 0 saturated carbocycles. The lowest BCUT2D eigenvalue weighted by Gasteiger charge is -2.00. The van der Waals surface area contributed by atoms with Crippen molar-refractivity contribution in [2.24, 2.45) is 0 Å². The second kappa shape index (κ2) is 7.11. The Hall–Kier alpha value is -3.57. The first-order valence-electron chi connectivity index (χ1n) is 9.31. The molecule has 0 saturated heterocycles. The maximum absolute atomic E-state index is 12.8. The molecule has 0 fully saturated rings. The van der Waals surface area contributed by atoms with Gasteiger partial charge >= 0.3 is 0 Å². The summed E-state index contributed by atoms with van der Waals surface area (Å²) in [6.07, 6.45) is 5.71. The summed E-state index contributed by atoms with van der Waals surface area (Å²) in [6.45, 7) is 2.06. The molecule has 29 heavy (non-hydrogen) atoms. The van der Waals surface area contributed by atoms with Crippen molar-refractivity contribution in [2.75, 3.05) is 0 Å². The lowest BCUT2D eigenvalue weighted by molar-refractivity contribution is 0.925. The number of hydrogen-bond donors (Lipinski definition) is 0. The maximum Gasteiger partial charge on any atom is 0.291 e. The Morgan fingerprint density at radius 3 is 2.55 bits per heavy atom. The summed E-state index contributed by atoms with van der Waals surface area (Å²) in [6, 6.07) is 22.5. The molecule has 5 aromatic rings. The molecule has 0 N–H and O–H groups in total. The highest BCUT2D eigenvalue weighted by atomic mass is 32.1. The summed E-state index contributed by atoms with van der Waals surface area (Å²) < 4.78 is 2.02. The van der Waals surface area contributed by atoms with Crippen molar-refractivity contribution in [1.29, 1.82) is 0 Å². The Bertz CT molecular complexity index is 1470. The molecule has 0 aliphatic carbocycles. The van der Waals surface area contributed by atoms with Gasteiger partial charge in [0.25, 0.3) is 5.56 Å². The van der Waals surface area contributed by atoms with Gasteiger partial charge in [0.05, 0.1) is 4.53 Å². The van der Waals surface area contributed by atoms with Gasteiger partial charge in [0.1, 0.15) is 0 Å². The van der Waals surface area contributed by atoms with Gasteiger partial charge in [-0.05, 0) is 41.0 Å². The molecule has 2 heterocycles. The number of hydrogen-bond acceptors (Lipinski definition) is 4. The van der Waals surface area contributed by atoms with Crippen LogP contribution in [0.5, 0.6) is 0 Å².